The van der Waals surface area contributed by atoms with Gasteiger partial charge in [0.15, 0.2) is 5.82 Å². The summed E-state index contributed by atoms with van der Waals surface area (Å²) in [6.07, 6.45) is 2.73. The van der Waals surface area contributed by atoms with Gasteiger partial charge in [-0.2, -0.15) is 5.10 Å². The molecular formula is C10H12N4O. The van der Waals surface area contributed by atoms with Crippen molar-refractivity contribution in [2.75, 3.05) is 5.73 Å². The molecule has 0 radical (unpaired) electrons. The summed E-state index contributed by atoms with van der Waals surface area (Å²) in [7, 11) is 0. The third-order valence-electron chi connectivity index (χ3n) is 2.20. The molecule has 0 amide bonds. The number of nitrogens with one attached hydrogen (secondary N) is 1. The van der Waals surface area contributed by atoms with Crippen LogP contribution in [0.25, 0.3) is 11.3 Å². The standard InChI is InChI=1S/C10H12N4O/c1-6(15)8-9(13-14-10(8)11)7-3-2-4-12-5-7/h2-6,15H,1H3,(H3,11,13,14). The number of nitrogen functional groups attached to an aromatic ring is 1. The monoisotopic (exact) mass is 204 g/mol. The Morgan fingerprint density at radius 1 is 1.53 bits per heavy atom. The Morgan fingerprint density at radius 3 is 2.93 bits per heavy atom. The highest BCUT2D eigenvalue weighted by molar-refractivity contribution is 5.67. The number of nitrogens with zero attached hydrogens (tertiary/aromatic N) is 2. The molecule has 0 spiro atoms. The van der Waals surface area contributed by atoms with E-state index < -0.39 is 6.10 Å². The summed E-state index contributed by atoms with van der Waals surface area (Å²) in [6, 6.07) is 3.70. The van der Waals surface area contributed by atoms with E-state index in [4.69, 9.17) is 5.73 Å². The summed E-state index contributed by atoms with van der Waals surface area (Å²) in [5.41, 5.74) is 7.85. The zero-order valence-corrected chi connectivity index (χ0v) is 8.31. The van der Waals surface area contributed by atoms with Gasteiger partial charge >= 0.3 is 0 Å². The largest absolute Gasteiger partial charge is 0.388 e. The predicted molar refractivity (Wildman–Crippen MR) is 56.9 cm³/mol. The molecule has 0 aliphatic rings. The van der Waals surface area contributed by atoms with Crippen molar-refractivity contribution < 1.29 is 5.11 Å². The van der Waals surface area contributed by atoms with Gasteiger partial charge in [-0.25, -0.2) is 0 Å². The van der Waals surface area contributed by atoms with E-state index in [0.29, 0.717) is 11.4 Å². The van der Waals surface area contributed by atoms with Gasteiger partial charge in [-0.05, 0) is 19.1 Å². The highest BCUT2D eigenvalue weighted by Crippen LogP contribution is 2.29. The minimum Gasteiger partial charge on any atom is -0.388 e. The second kappa shape index (κ2) is 3.70. The van der Waals surface area contributed by atoms with Crippen LogP contribution in [0.1, 0.15) is 18.6 Å². The second-order valence-electron chi connectivity index (χ2n) is 3.32. The first-order valence-electron chi connectivity index (χ1n) is 4.62. The molecule has 0 aromatic carbocycles. The fourth-order valence-corrected chi connectivity index (χ4v) is 1.52. The van der Waals surface area contributed by atoms with Crippen LogP contribution < -0.4 is 5.73 Å². The van der Waals surface area contributed by atoms with Crippen LogP contribution in [0.3, 0.4) is 0 Å². The molecule has 5 nitrogen and oxygen atoms in total. The number of aliphatic hydroxyl groups is 1. The van der Waals surface area contributed by atoms with E-state index in [1.807, 2.05) is 12.1 Å². The average Bonchev–Trinajstić information content (AvgIpc) is 2.61. The molecule has 2 rings (SSSR count). The number of hydrogen-bond donors (Lipinski definition) is 3. The Balaban J connectivity index is 2.54. The van der Waals surface area contributed by atoms with E-state index in [0.717, 1.165) is 11.3 Å². The summed E-state index contributed by atoms with van der Waals surface area (Å²) >= 11 is 0. The molecule has 2 heterocycles. The molecule has 0 saturated heterocycles. The van der Waals surface area contributed by atoms with Gasteiger partial charge in [0, 0.05) is 23.5 Å². The van der Waals surface area contributed by atoms with Crippen LogP contribution in [0, 0.1) is 0 Å². The molecule has 0 bridgehead atoms. The summed E-state index contributed by atoms with van der Waals surface area (Å²) in [4.78, 5) is 4.00. The topological polar surface area (TPSA) is 87.8 Å². The molecule has 0 aliphatic carbocycles. The first-order chi connectivity index (χ1) is 7.20. The maximum Gasteiger partial charge on any atom is 0.151 e. The predicted octanol–water partition coefficient (Wildman–Crippen LogP) is 1.11. The normalized spacial score (nSPS) is 12.7. The lowest BCUT2D eigenvalue weighted by Gasteiger charge is -2.05. The van der Waals surface area contributed by atoms with Crippen molar-refractivity contribution >= 4 is 5.82 Å². The summed E-state index contributed by atoms with van der Waals surface area (Å²) in [6.45, 7) is 1.65. The fourth-order valence-electron chi connectivity index (χ4n) is 1.52. The maximum atomic E-state index is 9.58. The molecule has 0 aliphatic heterocycles. The zero-order chi connectivity index (χ0) is 10.8. The number of anilines is 1. The van der Waals surface area contributed by atoms with Crippen molar-refractivity contribution in [1.82, 2.24) is 15.2 Å². The number of nitrogens with two attached hydrogens (primary N) is 1. The average molecular weight is 204 g/mol. The van der Waals surface area contributed by atoms with Gasteiger partial charge < -0.3 is 10.8 Å². The van der Waals surface area contributed by atoms with E-state index in [-0.39, 0.29) is 0 Å². The van der Waals surface area contributed by atoms with Gasteiger partial charge in [0.2, 0.25) is 0 Å². The van der Waals surface area contributed by atoms with Gasteiger partial charge in [0.05, 0.1) is 11.8 Å². The molecule has 1 unspecified atom stereocenters. The number of hydrogen-bond acceptors (Lipinski definition) is 4. The SMILES string of the molecule is CC(O)c1c(N)n[nH]c1-c1cccnc1. The molecule has 5 heteroatoms. The number of aromatic amines is 1. The molecular weight excluding hydrogens is 192 g/mol. The number of H-pyrrole nitrogens is 1. The van der Waals surface area contributed by atoms with Gasteiger partial charge in [-0.1, -0.05) is 0 Å². The summed E-state index contributed by atoms with van der Waals surface area (Å²) < 4.78 is 0. The maximum absolute atomic E-state index is 9.58. The number of pyridine rings is 1. The van der Waals surface area contributed by atoms with E-state index in [2.05, 4.69) is 15.2 Å². The molecule has 0 saturated carbocycles. The number of rotatable bonds is 2. The van der Waals surface area contributed by atoms with Crippen LogP contribution in [0.15, 0.2) is 24.5 Å². The first kappa shape index (κ1) is 9.67. The molecule has 0 fully saturated rings. The van der Waals surface area contributed by atoms with Crippen molar-refractivity contribution in [3.8, 4) is 11.3 Å². The second-order valence-corrected chi connectivity index (χ2v) is 3.32. The Morgan fingerprint density at radius 2 is 2.33 bits per heavy atom. The Hall–Kier alpha value is -1.88. The van der Waals surface area contributed by atoms with Gasteiger partial charge in [0.25, 0.3) is 0 Å². The minimum atomic E-state index is -0.654. The Labute approximate surface area is 87.0 Å². The Bertz CT molecular complexity index is 450. The highest BCUT2D eigenvalue weighted by atomic mass is 16.3. The van der Waals surface area contributed by atoms with Crippen molar-refractivity contribution in [2.24, 2.45) is 0 Å². The first-order valence-corrected chi connectivity index (χ1v) is 4.62. The van der Waals surface area contributed by atoms with Crippen LogP contribution in [-0.4, -0.2) is 20.3 Å². The zero-order valence-electron chi connectivity index (χ0n) is 8.31. The van der Waals surface area contributed by atoms with E-state index in [1.54, 1.807) is 19.3 Å². The van der Waals surface area contributed by atoms with E-state index in [9.17, 15) is 5.11 Å². The molecule has 78 valence electrons. The quantitative estimate of drug-likeness (QED) is 0.683. The van der Waals surface area contributed by atoms with Crippen LogP contribution in [0.4, 0.5) is 5.82 Å². The van der Waals surface area contributed by atoms with Crippen LogP contribution in [0.5, 0.6) is 0 Å². The molecule has 15 heavy (non-hydrogen) atoms. The lowest BCUT2D eigenvalue weighted by Crippen LogP contribution is -1.97. The third-order valence-corrected chi connectivity index (χ3v) is 2.20. The van der Waals surface area contributed by atoms with E-state index >= 15 is 0 Å². The molecule has 2 aromatic heterocycles. The minimum absolute atomic E-state index is 0.323. The lowest BCUT2D eigenvalue weighted by atomic mass is 10.1. The highest BCUT2D eigenvalue weighted by Gasteiger charge is 2.16. The van der Waals surface area contributed by atoms with Crippen LogP contribution in [0.2, 0.25) is 0 Å². The smallest absolute Gasteiger partial charge is 0.151 e. The third kappa shape index (κ3) is 1.69. The van der Waals surface area contributed by atoms with Gasteiger partial charge in [0.1, 0.15) is 0 Å². The lowest BCUT2D eigenvalue weighted by molar-refractivity contribution is 0.200. The molecule has 4 N–H and O–H groups in total. The number of aromatic nitrogens is 3. The molecule has 2 aromatic rings. The summed E-state index contributed by atoms with van der Waals surface area (Å²) in [5, 5.41) is 16.3. The van der Waals surface area contributed by atoms with Crippen molar-refractivity contribution in [1.29, 1.82) is 0 Å². The van der Waals surface area contributed by atoms with Gasteiger partial charge in [-0.3, -0.25) is 10.1 Å². The van der Waals surface area contributed by atoms with Crippen molar-refractivity contribution in [3.63, 3.8) is 0 Å². The molecule has 1 atom stereocenters. The van der Waals surface area contributed by atoms with E-state index in [1.165, 1.54) is 0 Å². The van der Waals surface area contributed by atoms with Crippen LogP contribution >= 0.6 is 0 Å². The number of aliphatic hydroxyl groups excluding tert-OH is 1. The fraction of sp³-hybridized carbons (Fsp3) is 0.200. The Kier molecular flexibility index (Phi) is 2.39. The van der Waals surface area contributed by atoms with Crippen molar-refractivity contribution in [2.45, 2.75) is 13.0 Å². The summed E-state index contributed by atoms with van der Waals surface area (Å²) in [5.74, 6) is 0.323. The van der Waals surface area contributed by atoms with Crippen LogP contribution in [-0.2, 0) is 0 Å². The van der Waals surface area contributed by atoms with Gasteiger partial charge in [-0.15, -0.1) is 0 Å². The van der Waals surface area contributed by atoms with Crippen molar-refractivity contribution in [3.05, 3.63) is 30.1 Å².